The van der Waals surface area contributed by atoms with Crippen LogP contribution in [-0.4, -0.2) is 25.8 Å². The van der Waals surface area contributed by atoms with Gasteiger partial charge in [0.05, 0.1) is 17.8 Å². The maximum Gasteiger partial charge on any atom is 0.244 e. The summed E-state index contributed by atoms with van der Waals surface area (Å²) in [6.45, 7) is 9.78. The molecule has 0 aliphatic rings. The second-order valence-electron chi connectivity index (χ2n) is 7.52. The molecule has 2 aromatic heterocycles. The normalized spacial score (nSPS) is 11.9. The van der Waals surface area contributed by atoms with Crippen LogP contribution in [0.3, 0.4) is 0 Å². The molecule has 0 aliphatic carbocycles. The van der Waals surface area contributed by atoms with E-state index in [-0.39, 0.29) is 5.91 Å². The maximum absolute atomic E-state index is 12.4. The first-order valence-electron chi connectivity index (χ1n) is 9.25. The van der Waals surface area contributed by atoms with Gasteiger partial charge in [-0.1, -0.05) is 46.6 Å². The number of nitrogens with one attached hydrogen (secondary N) is 1. The van der Waals surface area contributed by atoms with E-state index in [9.17, 15) is 4.79 Å². The number of nitrogens with zero attached hydrogens (tertiary/aromatic N) is 4. The Balaban J connectivity index is 1.72. The van der Waals surface area contributed by atoms with Crippen LogP contribution < -0.4 is 5.32 Å². The summed E-state index contributed by atoms with van der Waals surface area (Å²) in [5.41, 5.74) is 2.99. The SMILES string of the molecule is Cc1ccc(Cn2nc(C)c(/C=C/C(=O)NC(C)(C)c3noc(C)n3)c2Cl)cc1. The van der Waals surface area contributed by atoms with Crippen LogP contribution in [0.2, 0.25) is 5.15 Å². The lowest BCUT2D eigenvalue weighted by Gasteiger charge is -2.21. The number of carbonyl (C=O) groups excluding carboxylic acids is 1. The molecule has 0 saturated heterocycles. The van der Waals surface area contributed by atoms with Crippen LogP contribution >= 0.6 is 11.6 Å². The third-order valence-electron chi connectivity index (χ3n) is 4.49. The molecule has 0 atom stereocenters. The van der Waals surface area contributed by atoms with Crippen LogP contribution in [0.25, 0.3) is 6.08 Å². The average Bonchev–Trinajstić information content (AvgIpc) is 3.19. The Morgan fingerprint density at radius 2 is 1.93 bits per heavy atom. The summed E-state index contributed by atoms with van der Waals surface area (Å²) in [7, 11) is 0. The summed E-state index contributed by atoms with van der Waals surface area (Å²) in [4.78, 5) is 16.6. The number of rotatable bonds is 6. The van der Waals surface area contributed by atoms with Gasteiger partial charge in [0.2, 0.25) is 11.8 Å². The number of aryl methyl sites for hydroxylation is 3. The van der Waals surface area contributed by atoms with Gasteiger partial charge in [-0.15, -0.1) is 0 Å². The minimum Gasteiger partial charge on any atom is -0.340 e. The predicted octanol–water partition coefficient (Wildman–Crippen LogP) is 3.96. The zero-order valence-corrected chi connectivity index (χ0v) is 17.9. The lowest BCUT2D eigenvalue weighted by molar-refractivity contribution is -0.118. The summed E-state index contributed by atoms with van der Waals surface area (Å²) >= 11 is 6.51. The van der Waals surface area contributed by atoms with E-state index < -0.39 is 5.54 Å². The fourth-order valence-corrected chi connectivity index (χ4v) is 3.14. The summed E-state index contributed by atoms with van der Waals surface area (Å²) < 4.78 is 6.72. The molecule has 0 saturated carbocycles. The molecule has 152 valence electrons. The van der Waals surface area contributed by atoms with Crippen molar-refractivity contribution in [2.24, 2.45) is 0 Å². The van der Waals surface area contributed by atoms with Gasteiger partial charge in [-0.2, -0.15) is 10.1 Å². The molecular weight excluding hydrogens is 390 g/mol. The van der Waals surface area contributed by atoms with E-state index >= 15 is 0 Å². The first-order valence-corrected chi connectivity index (χ1v) is 9.63. The molecule has 0 fully saturated rings. The Labute approximate surface area is 174 Å². The highest BCUT2D eigenvalue weighted by Gasteiger charge is 2.27. The van der Waals surface area contributed by atoms with Gasteiger partial charge in [0, 0.05) is 18.6 Å². The van der Waals surface area contributed by atoms with Crippen LogP contribution in [0.15, 0.2) is 34.9 Å². The summed E-state index contributed by atoms with van der Waals surface area (Å²) in [6, 6.07) is 8.20. The van der Waals surface area contributed by atoms with Crippen LogP contribution in [0.1, 0.15) is 47.9 Å². The average molecular weight is 414 g/mol. The first kappa shape index (κ1) is 20.8. The van der Waals surface area contributed by atoms with Crippen molar-refractivity contribution in [3.8, 4) is 0 Å². The van der Waals surface area contributed by atoms with Gasteiger partial charge in [-0.3, -0.25) is 4.79 Å². The van der Waals surface area contributed by atoms with E-state index in [1.165, 1.54) is 11.6 Å². The monoisotopic (exact) mass is 413 g/mol. The molecule has 1 amide bonds. The van der Waals surface area contributed by atoms with Crippen molar-refractivity contribution >= 4 is 23.6 Å². The van der Waals surface area contributed by atoms with Crippen molar-refractivity contribution in [1.82, 2.24) is 25.2 Å². The van der Waals surface area contributed by atoms with Crippen molar-refractivity contribution in [3.63, 3.8) is 0 Å². The minimum atomic E-state index is -0.770. The largest absolute Gasteiger partial charge is 0.340 e. The van der Waals surface area contributed by atoms with Crippen molar-refractivity contribution < 1.29 is 9.32 Å². The van der Waals surface area contributed by atoms with E-state index in [2.05, 4.69) is 32.7 Å². The summed E-state index contributed by atoms with van der Waals surface area (Å²) in [6.07, 6.45) is 3.10. The van der Waals surface area contributed by atoms with Gasteiger partial charge >= 0.3 is 0 Å². The van der Waals surface area contributed by atoms with E-state index in [1.807, 2.05) is 26.0 Å². The molecule has 1 aromatic carbocycles. The van der Waals surface area contributed by atoms with Crippen LogP contribution in [0.4, 0.5) is 0 Å². The zero-order chi connectivity index (χ0) is 21.2. The van der Waals surface area contributed by atoms with Crippen LogP contribution in [-0.2, 0) is 16.9 Å². The molecular formula is C21H24ClN5O2. The molecule has 0 radical (unpaired) electrons. The van der Waals surface area contributed by atoms with Crippen molar-refractivity contribution in [3.05, 3.63) is 69.6 Å². The van der Waals surface area contributed by atoms with Crippen LogP contribution in [0.5, 0.6) is 0 Å². The van der Waals surface area contributed by atoms with Gasteiger partial charge in [-0.25, -0.2) is 4.68 Å². The van der Waals surface area contributed by atoms with Gasteiger partial charge in [0.1, 0.15) is 5.15 Å². The molecule has 0 unspecified atom stereocenters. The summed E-state index contributed by atoms with van der Waals surface area (Å²) in [5.74, 6) is 0.567. The second-order valence-corrected chi connectivity index (χ2v) is 7.88. The highest BCUT2D eigenvalue weighted by atomic mass is 35.5. The molecule has 0 aliphatic heterocycles. The summed E-state index contributed by atoms with van der Waals surface area (Å²) in [5, 5.41) is 11.7. The molecule has 0 bridgehead atoms. The van der Waals surface area contributed by atoms with E-state index in [1.54, 1.807) is 31.5 Å². The highest BCUT2D eigenvalue weighted by Crippen LogP contribution is 2.23. The molecule has 2 heterocycles. The molecule has 29 heavy (non-hydrogen) atoms. The standard InChI is InChI=1S/C21H24ClN5O2/c1-13-6-8-16(9-7-13)12-27-19(22)17(14(2)25-27)10-11-18(28)24-21(4,5)20-23-15(3)29-26-20/h6-11H,12H2,1-5H3,(H,24,28)/b11-10+. The molecule has 7 nitrogen and oxygen atoms in total. The number of benzene rings is 1. The number of amides is 1. The Hall–Kier alpha value is -2.93. The fourth-order valence-electron chi connectivity index (χ4n) is 2.85. The van der Waals surface area contributed by atoms with Gasteiger partial charge < -0.3 is 9.84 Å². The number of carbonyl (C=O) groups is 1. The van der Waals surface area contributed by atoms with E-state index in [0.717, 1.165) is 11.3 Å². The van der Waals surface area contributed by atoms with Crippen molar-refractivity contribution in [1.29, 1.82) is 0 Å². The molecule has 8 heteroatoms. The second kappa shape index (κ2) is 8.21. The van der Waals surface area contributed by atoms with Gasteiger partial charge in [0.15, 0.2) is 5.82 Å². The Kier molecular flexibility index (Phi) is 5.88. The Morgan fingerprint density at radius 1 is 1.24 bits per heavy atom. The first-order chi connectivity index (χ1) is 13.7. The number of hydrogen-bond donors (Lipinski definition) is 1. The molecule has 0 spiro atoms. The minimum absolute atomic E-state index is 0.292. The quantitative estimate of drug-likeness (QED) is 0.618. The highest BCUT2D eigenvalue weighted by molar-refractivity contribution is 6.31. The number of aromatic nitrogens is 4. The Bertz CT molecular complexity index is 1050. The topological polar surface area (TPSA) is 85.8 Å². The number of hydrogen-bond acceptors (Lipinski definition) is 5. The van der Waals surface area contributed by atoms with Gasteiger partial charge in [-0.05, 0) is 39.3 Å². The van der Waals surface area contributed by atoms with Crippen LogP contribution in [0, 0.1) is 20.8 Å². The van der Waals surface area contributed by atoms with Crippen molar-refractivity contribution in [2.45, 2.75) is 46.7 Å². The lowest BCUT2D eigenvalue weighted by atomic mass is 10.0. The molecule has 3 aromatic rings. The molecule has 1 N–H and O–H groups in total. The number of halogens is 1. The maximum atomic E-state index is 12.4. The van der Waals surface area contributed by atoms with E-state index in [4.69, 9.17) is 16.1 Å². The van der Waals surface area contributed by atoms with E-state index in [0.29, 0.717) is 29.0 Å². The zero-order valence-electron chi connectivity index (χ0n) is 17.2. The smallest absolute Gasteiger partial charge is 0.244 e. The van der Waals surface area contributed by atoms with Crippen molar-refractivity contribution in [2.75, 3.05) is 0 Å². The lowest BCUT2D eigenvalue weighted by Crippen LogP contribution is -2.41. The predicted molar refractivity (Wildman–Crippen MR) is 111 cm³/mol. The van der Waals surface area contributed by atoms with Gasteiger partial charge in [0.25, 0.3) is 0 Å². The third-order valence-corrected chi connectivity index (χ3v) is 4.88. The third kappa shape index (κ3) is 4.92. The Morgan fingerprint density at radius 3 is 2.55 bits per heavy atom. The molecule has 3 rings (SSSR count). The fraction of sp³-hybridized carbons (Fsp3) is 0.333.